The van der Waals surface area contributed by atoms with Gasteiger partial charge in [0.2, 0.25) is 0 Å². The Morgan fingerprint density at radius 3 is 2.58 bits per heavy atom. The molecule has 0 aliphatic carbocycles. The molecule has 0 fully saturated rings. The van der Waals surface area contributed by atoms with Gasteiger partial charge in [-0.05, 0) is 70.5 Å². The van der Waals surface area contributed by atoms with Crippen LogP contribution in [-0.4, -0.2) is 26.0 Å². The van der Waals surface area contributed by atoms with Gasteiger partial charge in [0.25, 0.3) is 0 Å². The molecular weight excluding hydrogens is 476 g/mol. The van der Waals surface area contributed by atoms with Crippen LogP contribution in [0.5, 0.6) is 0 Å². The molecule has 1 atom stereocenters. The van der Waals surface area contributed by atoms with Crippen molar-refractivity contribution in [2.24, 2.45) is 0 Å². The molecule has 0 saturated heterocycles. The van der Waals surface area contributed by atoms with Crippen molar-refractivity contribution in [2.45, 2.75) is 40.7 Å². The molecule has 5 aromatic rings. The highest BCUT2D eigenvalue weighted by Crippen LogP contribution is 2.33. The van der Waals surface area contributed by atoms with E-state index in [9.17, 15) is 14.7 Å². The first-order valence-corrected chi connectivity index (χ1v) is 12.2. The second kappa shape index (κ2) is 8.83. The number of aryl methyl sites for hydroxylation is 3. The Morgan fingerprint density at radius 2 is 1.83 bits per heavy atom. The van der Waals surface area contributed by atoms with E-state index in [1.165, 1.54) is 11.3 Å². The Balaban J connectivity index is 1.67. The van der Waals surface area contributed by atoms with Gasteiger partial charge in [-0.15, -0.1) is 0 Å². The van der Waals surface area contributed by atoms with Gasteiger partial charge in [-0.2, -0.15) is 0 Å². The topological polar surface area (TPSA) is 118 Å². The standard InChI is InChI=1S/C27H24N4O4S/c1-12-10-17(15(4)29-19-7-6-13(2)28-22(19)27(33)34)25-18(11-12)23(32)14(3)24(35-25)20-8-9-21-26(31-20)36-16(5)30-21/h6-11,15,29H,1-5H3,(H,33,34). The predicted molar refractivity (Wildman–Crippen MR) is 141 cm³/mol. The SMILES string of the molecule is Cc1cc(C(C)Nc2ccc(C)nc2C(=O)O)c2oc(-c3ccc4nc(C)sc4n3)c(C)c(=O)c2c1. The number of aromatic carboxylic acids is 1. The number of hydrogen-bond donors (Lipinski definition) is 2. The number of hydrogen-bond acceptors (Lipinski definition) is 8. The molecule has 0 amide bonds. The van der Waals surface area contributed by atoms with E-state index in [-0.39, 0.29) is 17.2 Å². The molecule has 0 radical (unpaired) electrons. The van der Waals surface area contributed by atoms with E-state index in [0.717, 1.165) is 26.5 Å². The number of anilines is 1. The van der Waals surface area contributed by atoms with Gasteiger partial charge in [0.05, 0.1) is 22.1 Å². The number of carboxylic acids is 1. The molecule has 1 aromatic carbocycles. The van der Waals surface area contributed by atoms with E-state index >= 15 is 0 Å². The van der Waals surface area contributed by atoms with Crippen molar-refractivity contribution < 1.29 is 14.3 Å². The molecule has 2 N–H and O–H groups in total. The minimum Gasteiger partial charge on any atom is -0.476 e. The van der Waals surface area contributed by atoms with E-state index < -0.39 is 5.97 Å². The summed E-state index contributed by atoms with van der Waals surface area (Å²) >= 11 is 1.48. The van der Waals surface area contributed by atoms with Crippen molar-refractivity contribution in [1.82, 2.24) is 15.0 Å². The highest BCUT2D eigenvalue weighted by atomic mass is 32.1. The Morgan fingerprint density at radius 1 is 1.06 bits per heavy atom. The quantitative estimate of drug-likeness (QED) is 0.303. The summed E-state index contributed by atoms with van der Waals surface area (Å²) in [5.41, 5.74) is 4.71. The van der Waals surface area contributed by atoms with Crippen LogP contribution >= 0.6 is 11.3 Å². The summed E-state index contributed by atoms with van der Waals surface area (Å²) < 4.78 is 6.41. The molecule has 36 heavy (non-hydrogen) atoms. The van der Waals surface area contributed by atoms with E-state index in [1.807, 2.05) is 45.0 Å². The van der Waals surface area contributed by atoms with Crippen LogP contribution in [0.3, 0.4) is 0 Å². The van der Waals surface area contributed by atoms with Crippen LogP contribution in [0.1, 0.15) is 50.8 Å². The monoisotopic (exact) mass is 500 g/mol. The van der Waals surface area contributed by atoms with Crippen LogP contribution in [-0.2, 0) is 0 Å². The summed E-state index contributed by atoms with van der Waals surface area (Å²) in [6, 6.07) is 10.5. The molecule has 4 heterocycles. The summed E-state index contributed by atoms with van der Waals surface area (Å²) in [6.07, 6.45) is 0. The molecule has 0 saturated carbocycles. The van der Waals surface area contributed by atoms with Crippen molar-refractivity contribution in [3.63, 3.8) is 0 Å². The number of carbonyl (C=O) groups is 1. The van der Waals surface area contributed by atoms with Crippen molar-refractivity contribution in [3.05, 3.63) is 79.7 Å². The number of nitrogens with one attached hydrogen (secondary N) is 1. The van der Waals surface area contributed by atoms with Gasteiger partial charge in [-0.3, -0.25) is 4.79 Å². The van der Waals surface area contributed by atoms with Gasteiger partial charge in [0.1, 0.15) is 21.6 Å². The highest BCUT2D eigenvalue weighted by Gasteiger charge is 2.21. The molecule has 0 spiro atoms. The van der Waals surface area contributed by atoms with Gasteiger partial charge in [-0.1, -0.05) is 17.4 Å². The second-order valence-corrected chi connectivity index (χ2v) is 10.1. The largest absolute Gasteiger partial charge is 0.476 e. The van der Waals surface area contributed by atoms with Crippen LogP contribution < -0.4 is 10.7 Å². The summed E-state index contributed by atoms with van der Waals surface area (Å²) in [7, 11) is 0. The lowest BCUT2D eigenvalue weighted by atomic mass is 9.99. The third-order valence-corrected chi connectivity index (χ3v) is 6.94. The molecule has 0 bridgehead atoms. The average molecular weight is 501 g/mol. The molecule has 5 rings (SSSR count). The summed E-state index contributed by atoms with van der Waals surface area (Å²) in [5.74, 6) is -0.715. The van der Waals surface area contributed by atoms with Gasteiger partial charge in [0, 0.05) is 16.8 Å². The molecule has 4 aromatic heterocycles. The fraction of sp³-hybridized carbons (Fsp3) is 0.222. The minimum atomic E-state index is -1.12. The van der Waals surface area contributed by atoms with Gasteiger partial charge in [0.15, 0.2) is 16.9 Å². The van der Waals surface area contributed by atoms with Crippen molar-refractivity contribution in [2.75, 3.05) is 5.32 Å². The lowest BCUT2D eigenvalue weighted by molar-refractivity contribution is 0.0691. The summed E-state index contributed by atoms with van der Waals surface area (Å²) in [6.45, 7) is 9.21. The smallest absolute Gasteiger partial charge is 0.356 e. The second-order valence-electron chi connectivity index (χ2n) is 8.89. The lowest BCUT2D eigenvalue weighted by Crippen LogP contribution is -2.15. The lowest BCUT2D eigenvalue weighted by Gasteiger charge is -2.19. The maximum absolute atomic E-state index is 13.5. The first-order valence-electron chi connectivity index (χ1n) is 11.4. The minimum absolute atomic E-state index is 0.0610. The van der Waals surface area contributed by atoms with Crippen LogP contribution in [0.4, 0.5) is 5.69 Å². The van der Waals surface area contributed by atoms with E-state index in [2.05, 4.69) is 15.3 Å². The summed E-state index contributed by atoms with van der Waals surface area (Å²) in [5, 5.41) is 14.3. The predicted octanol–water partition coefficient (Wildman–Crippen LogP) is 5.96. The Labute approximate surface area is 210 Å². The van der Waals surface area contributed by atoms with Crippen LogP contribution in [0, 0.1) is 27.7 Å². The normalized spacial score (nSPS) is 12.2. The fourth-order valence-corrected chi connectivity index (χ4v) is 5.12. The fourth-order valence-electron chi connectivity index (χ4n) is 4.33. The van der Waals surface area contributed by atoms with Gasteiger partial charge in [-0.25, -0.2) is 19.7 Å². The first-order chi connectivity index (χ1) is 17.1. The van der Waals surface area contributed by atoms with Crippen molar-refractivity contribution in [3.8, 4) is 11.5 Å². The first kappa shape index (κ1) is 23.6. The molecular formula is C27H24N4O4S. The number of pyridine rings is 2. The van der Waals surface area contributed by atoms with Crippen LogP contribution in [0.15, 0.2) is 45.6 Å². The number of thiazole rings is 1. The maximum atomic E-state index is 13.5. The summed E-state index contributed by atoms with van der Waals surface area (Å²) in [4.78, 5) is 39.3. The molecule has 182 valence electrons. The number of fused-ring (bicyclic) bond motifs is 2. The highest BCUT2D eigenvalue weighted by molar-refractivity contribution is 7.18. The molecule has 1 unspecified atom stereocenters. The van der Waals surface area contributed by atoms with Gasteiger partial charge < -0.3 is 14.8 Å². The average Bonchev–Trinajstić information content (AvgIpc) is 3.21. The Bertz CT molecular complexity index is 1740. The molecule has 0 aliphatic heterocycles. The number of aromatic nitrogens is 3. The van der Waals surface area contributed by atoms with E-state index in [0.29, 0.717) is 39.4 Å². The zero-order valence-electron chi connectivity index (χ0n) is 20.5. The van der Waals surface area contributed by atoms with Crippen LogP contribution in [0.2, 0.25) is 0 Å². The number of nitrogens with zero attached hydrogens (tertiary/aromatic N) is 3. The van der Waals surface area contributed by atoms with Crippen molar-refractivity contribution in [1.29, 1.82) is 0 Å². The molecule has 8 nitrogen and oxygen atoms in total. The zero-order chi connectivity index (χ0) is 25.7. The van der Waals surface area contributed by atoms with E-state index in [4.69, 9.17) is 9.40 Å². The maximum Gasteiger partial charge on any atom is 0.356 e. The Hall–Kier alpha value is -4.11. The number of carboxylic acid groups (broad SMARTS) is 1. The Kier molecular flexibility index (Phi) is 5.80. The third-order valence-electron chi connectivity index (χ3n) is 6.06. The zero-order valence-corrected chi connectivity index (χ0v) is 21.3. The molecule has 0 aliphatic rings. The van der Waals surface area contributed by atoms with Crippen molar-refractivity contribution >= 4 is 44.3 Å². The third kappa shape index (κ3) is 4.11. The van der Waals surface area contributed by atoms with Crippen LogP contribution in [0.25, 0.3) is 32.8 Å². The molecule has 9 heteroatoms. The van der Waals surface area contributed by atoms with E-state index in [1.54, 1.807) is 26.0 Å². The number of rotatable bonds is 5. The van der Waals surface area contributed by atoms with Gasteiger partial charge >= 0.3 is 5.97 Å². The number of benzene rings is 1.